The summed E-state index contributed by atoms with van der Waals surface area (Å²) in [6, 6.07) is 7.76. The lowest BCUT2D eigenvalue weighted by Crippen LogP contribution is -2.31. The van der Waals surface area contributed by atoms with Gasteiger partial charge in [0.2, 0.25) is 0 Å². The van der Waals surface area contributed by atoms with Gasteiger partial charge >= 0.3 is 6.03 Å². The number of H-pyrrole nitrogens is 1. The predicted molar refractivity (Wildman–Crippen MR) is 88.0 cm³/mol. The van der Waals surface area contributed by atoms with Gasteiger partial charge in [-0.25, -0.2) is 4.79 Å². The summed E-state index contributed by atoms with van der Waals surface area (Å²) in [5, 5.41) is 10.2. The second-order valence-electron chi connectivity index (χ2n) is 5.90. The van der Waals surface area contributed by atoms with Crippen molar-refractivity contribution in [3.8, 4) is 0 Å². The topological polar surface area (TPSA) is 70.2 Å². The van der Waals surface area contributed by atoms with Crippen molar-refractivity contribution >= 4 is 11.7 Å². The number of benzene rings is 1. The molecule has 0 saturated heterocycles. The highest BCUT2D eigenvalue weighted by molar-refractivity contribution is 5.89. The van der Waals surface area contributed by atoms with Gasteiger partial charge in [0.05, 0.1) is 31.1 Å². The van der Waals surface area contributed by atoms with E-state index in [2.05, 4.69) is 22.4 Å². The van der Waals surface area contributed by atoms with Crippen LogP contribution in [0.25, 0.3) is 0 Å². The lowest BCUT2D eigenvalue weighted by molar-refractivity contribution is 0.134. The Hall–Kier alpha value is -2.34. The van der Waals surface area contributed by atoms with Crippen LogP contribution in [-0.4, -0.2) is 28.2 Å². The molecule has 2 heterocycles. The van der Waals surface area contributed by atoms with Gasteiger partial charge in [0.25, 0.3) is 0 Å². The first-order chi connectivity index (χ1) is 11.2. The van der Waals surface area contributed by atoms with Crippen LogP contribution >= 0.6 is 0 Å². The summed E-state index contributed by atoms with van der Waals surface area (Å²) < 4.78 is 5.39. The zero-order chi connectivity index (χ0) is 16.2. The normalized spacial score (nSPS) is 13.0. The lowest BCUT2D eigenvalue weighted by Gasteiger charge is -2.17. The molecule has 2 amide bonds. The summed E-state index contributed by atoms with van der Waals surface area (Å²) in [5.41, 5.74) is 5.10. The lowest BCUT2D eigenvalue weighted by atomic mass is 10.1. The van der Waals surface area contributed by atoms with Crippen LogP contribution in [0.3, 0.4) is 0 Å². The molecule has 0 fully saturated rings. The average molecular weight is 314 g/mol. The first-order valence-electron chi connectivity index (χ1n) is 7.90. The zero-order valence-corrected chi connectivity index (χ0v) is 13.6. The van der Waals surface area contributed by atoms with E-state index in [9.17, 15) is 4.79 Å². The number of hydrogen-bond acceptors (Lipinski definition) is 3. The van der Waals surface area contributed by atoms with E-state index < -0.39 is 0 Å². The summed E-state index contributed by atoms with van der Waals surface area (Å²) in [7, 11) is 1.77. The van der Waals surface area contributed by atoms with E-state index in [1.165, 1.54) is 5.56 Å². The monoisotopic (exact) mass is 314 g/mol. The molecule has 1 aromatic carbocycles. The van der Waals surface area contributed by atoms with E-state index in [0.717, 1.165) is 35.5 Å². The van der Waals surface area contributed by atoms with Crippen LogP contribution in [-0.2, 0) is 30.9 Å². The van der Waals surface area contributed by atoms with Crippen LogP contribution < -0.4 is 5.32 Å². The summed E-state index contributed by atoms with van der Waals surface area (Å²) in [6.07, 6.45) is 2.01. The van der Waals surface area contributed by atoms with E-state index in [-0.39, 0.29) is 6.03 Å². The van der Waals surface area contributed by atoms with Crippen molar-refractivity contribution in [1.29, 1.82) is 0 Å². The number of carbonyl (C=O) groups is 1. The van der Waals surface area contributed by atoms with E-state index in [1.807, 2.05) is 24.3 Å². The molecular formula is C17H22N4O2. The molecule has 122 valence electrons. The summed E-state index contributed by atoms with van der Waals surface area (Å²) in [4.78, 5) is 13.9. The van der Waals surface area contributed by atoms with Gasteiger partial charge in [0, 0.05) is 12.7 Å². The number of nitrogens with one attached hydrogen (secondary N) is 2. The van der Waals surface area contributed by atoms with Crippen molar-refractivity contribution in [2.75, 3.05) is 12.4 Å². The molecule has 2 aromatic rings. The molecule has 0 spiro atoms. The van der Waals surface area contributed by atoms with E-state index in [1.54, 1.807) is 11.9 Å². The number of aryl methyl sites for hydroxylation is 1. The van der Waals surface area contributed by atoms with Crippen LogP contribution in [0, 0.1) is 0 Å². The molecule has 0 aliphatic carbocycles. The van der Waals surface area contributed by atoms with Crippen molar-refractivity contribution in [2.45, 2.75) is 39.5 Å². The molecule has 0 saturated carbocycles. The Bertz CT molecular complexity index is 696. The van der Waals surface area contributed by atoms with Crippen LogP contribution in [0.2, 0.25) is 0 Å². The maximum Gasteiger partial charge on any atom is 0.321 e. The average Bonchev–Trinajstić information content (AvgIpc) is 3.16. The quantitative estimate of drug-likeness (QED) is 0.891. The molecule has 23 heavy (non-hydrogen) atoms. The third kappa shape index (κ3) is 3.71. The number of nitrogens with zero attached hydrogens (tertiary/aromatic N) is 2. The minimum Gasteiger partial charge on any atom is -0.372 e. The fraction of sp³-hybridized carbons (Fsp3) is 0.412. The van der Waals surface area contributed by atoms with Crippen molar-refractivity contribution in [2.24, 2.45) is 0 Å². The fourth-order valence-electron chi connectivity index (χ4n) is 2.67. The van der Waals surface area contributed by atoms with Crippen LogP contribution in [0.1, 0.15) is 35.9 Å². The molecule has 1 aromatic heterocycles. The molecule has 1 aliphatic heterocycles. The van der Waals surface area contributed by atoms with Gasteiger partial charge in [0.15, 0.2) is 0 Å². The maximum absolute atomic E-state index is 12.3. The van der Waals surface area contributed by atoms with Gasteiger partial charge in [-0.1, -0.05) is 19.4 Å². The number of aromatic amines is 1. The summed E-state index contributed by atoms with van der Waals surface area (Å²) in [6.45, 7) is 3.89. The molecule has 1 aliphatic rings. The molecule has 0 atom stereocenters. The third-order valence-corrected chi connectivity index (χ3v) is 3.92. The van der Waals surface area contributed by atoms with Crippen LogP contribution in [0.4, 0.5) is 10.5 Å². The second-order valence-corrected chi connectivity index (χ2v) is 5.90. The third-order valence-electron chi connectivity index (χ3n) is 3.92. The first kappa shape index (κ1) is 15.6. The Kier molecular flexibility index (Phi) is 4.62. The minimum absolute atomic E-state index is 0.143. The highest BCUT2D eigenvalue weighted by Gasteiger charge is 2.14. The SMILES string of the molecule is CCCc1cc(CN(C)C(=O)Nc2ccc3c(c2)COC3)[nH]n1. The molecule has 6 nitrogen and oxygen atoms in total. The molecule has 6 heteroatoms. The van der Waals surface area contributed by atoms with Gasteiger partial charge in [0.1, 0.15) is 0 Å². The van der Waals surface area contributed by atoms with Crippen molar-refractivity contribution in [3.05, 3.63) is 46.8 Å². The number of rotatable bonds is 5. The zero-order valence-electron chi connectivity index (χ0n) is 13.6. The Morgan fingerprint density at radius 1 is 1.35 bits per heavy atom. The number of aromatic nitrogens is 2. The Morgan fingerprint density at radius 2 is 2.17 bits per heavy atom. The first-order valence-corrected chi connectivity index (χ1v) is 7.90. The molecule has 2 N–H and O–H groups in total. The Labute approximate surface area is 135 Å². The number of ether oxygens (including phenoxy) is 1. The van der Waals surface area contributed by atoms with Gasteiger partial charge in [-0.15, -0.1) is 0 Å². The largest absolute Gasteiger partial charge is 0.372 e. The predicted octanol–water partition coefficient (Wildman–Crippen LogP) is 3.06. The van der Waals surface area contributed by atoms with E-state index >= 15 is 0 Å². The van der Waals surface area contributed by atoms with Crippen molar-refractivity contribution in [1.82, 2.24) is 15.1 Å². The number of carbonyl (C=O) groups excluding carboxylic acids is 1. The molecule has 0 bridgehead atoms. The van der Waals surface area contributed by atoms with Crippen molar-refractivity contribution in [3.63, 3.8) is 0 Å². The van der Waals surface area contributed by atoms with Gasteiger partial charge in [-0.3, -0.25) is 5.10 Å². The second kappa shape index (κ2) is 6.83. The van der Waals surface area contributed by atoms with Crippen molar-refractivity contribution < 1.29 is 9.53 Å². The van der Waals surface area contributed by atoms with Gasteiger partial charge in [-0.05, 0) is 35.7 Å². The van der Waals surface area contributed by atoms with E-state index in [4.69, 9.17) is 4.74 Å². The summed E-state index contributed by atoms with van der Waals surface area (Å²) >= 11 is 0. The number of fused-ring (bicyclic) bond motifs is 1. The minimum atomic E-state index is -0.143. The van der Waals surface area contributed by atoms with Crippen LogP contribution in [0.15, 0.2) is 24.3 Å². The van der Waals surface area contributed by atoms with Gasteiger partial charge < -0.3 is 15.0 Å². The molecule has 0 radical (unpaired) electrons. The number of amides is 2. The Balaban J connectivity index is 1.58. The number of anilines is 1. The fourth-order valence-corrected chi connectivity index (χ4v) is 2.67. The van der Waals surface area contributed by atoms with E-state index in [0.29, 0.717) is 19.8 Å². The molecule has 3 rings (SSSR count). The number of urea groups is 1. The van der Waals surface area contributed by atoms with Gasteiger partial charge in [-0.2, -0.15) is 5.10 Å². The number of hydrogen-bond donors (Lipinski definition) is 2. The molecule has 0 unspecified atom stereocenters. The highest BCUT2D eigenvalue weighted by Crippen LogP contribution is 2.23. The smallest absolute Gasteiger partial charge is 0.321 e. The van der Waals surface area contributed by atoms with Crippen LogP contribution in [0.5, 0.6) is 0 Å². The standard InChI is InChI=1S/C17H22N4O2/c1-3-4-15-8-16(20-19-15)9-21(2)17(22)18-14-6-5-12-10-23-11-13(12)7-14/h5-8H,3-4,9-11H2,1-2H3,(H,18,22)(H,19,20). The Morgan fingerprint density at radius 3 is 3.00 bits per heavy atom. The summed E-state index contributed by atoms with van der Waals surface area (Å²) in [5.74, 6) is 0. The molecular weight excluding hydrogens is 292 g/mol. The maximum atomic E-state index is 12.3. The highest BCUT2D eigenvalue weighted by atomic mass is 16.5.